The third kappa shape index (κ3) is 2.99. The van der Waals surface area contributed by atoms with Crippen LogP contribution in [-0.2, 0) is 10.0 Å². The van der Waals surface area contributed by atoms with Gasteiger partial charge >= 0.3 is 12.1 Å². The molecule has 0 heterocycles. The van der Waals surface area contributed by atoms with Gasteiger partial charge in [0.05, 0.1) is 10.6 Å². The Kier molecular flexibility index (Phi) is 3.71. The maximum absolute atomic E-state index is 12.8. The number of aromatic carboxylic acids is 1. The van der Waals surface area contributed by atoms with E-state index in [4.69, 9.17) is 16.7 Å². The average Bonchev–Trinajstić information content (AvgIpc) is 3.08. The minimum atomic E-state index is -4.73. The lowest BCUT2D eigenvalue weighted by molar-refractivity contribution is -0.160. The Balaban J connectivity index is 2.41. The Morgan fingerprint density at radius 2 is 1.90 bits per heavy atom. The van der Waals surface area contributed by atoms with E-state index in [9.17, 15) is 26.4 Å². The lowest BCUT2D eigenvalue weighted by atomic mass is 10.2. The molecule has 0 amide bonds. The maximum atomic E-state index is 12.8. The topological polar surface area (TPSA) is 83.5 Å². The lowest BCUT2D eigenvalue weighted by Crippen LogP contribution is -2.47. The number of carboxylic acids is 1. The number of alkyl halides is 3. The van der Waals surface area contributed by atoms with Gasteiger partial charge in [-0.25, -0.2) is 13.2 Å². The van der Waals surface area contributed by atoms with Gasteiger partial charge in [0.1, 0.15) is 10.4 Å². The van der Waals surface area contributed by atoms with Crippen LogP contribution in [0.2, 0.25) is 5.02 Å². The van der Waals surface area contributed by atoms with Crippen LogP contribution in [0.15, 0.2) is 23.1 Å². The molecule has 1 fully saturated rings. The Morgan fingerprint density at radius 3 is 2.33 bits per heavy atom. The van der Waals surface area contributed by atoms with Gasteiger partial charge < -0.3 is 5.11 Å². The van der Waals surface area contributed by atoms with E-state index < -0.39 is 38.2 Å². The summed E-state index contributed by atoms with van der Waals surface area (Å²) in [6.07, 6.45) is -5.46. The molecule has 0 atom stereocenters. The molecule has 1 aliphatic carbocycles. The monoisotopic (exact) mass is 343 g/mol. The summed E-state index contributed by atoms with van der Waals surface area (Å²) in [4.78, 5) is 10.1. The Bertz CT molecular complexity index is 698. The summed E-state index contributed by atoms with van der Waals surface area (Å²) in [5.74, 6) is -1.42. The molecular formula is C11H9ClF3NO4S. The summed E-state index contributed by atoms with van der Waals surface area (Å²) < 4.78 is 64.0. The first-order valence-corrected chi connectivity index (χ1v) is 7.48. The number of hydrogen-bond acceptors (Lipinski definition) is 3. The molecular weight excluding hydrogens is 335 g/mol. The van der Waals surface area contributed by atoms with Crippen molar-refractivity contribution in [2.45, 2.75) is 29.5 Å². The number of nitrogens with one attached hydrogen (secondary N) is 1. The van der Waals surface area contributed by atoms with Gasteiger partial charge in [-0.15, -0.1) is 0 Å². The van der Waals surface area contributed by atoms with Crippen LogP contribution in [0.4, 0.5) is 13.2 Å². The molecule has 0 aromatic heterocycles. The molecule has 0 saturated heterocycles. The van der Waals surface area contributed by atoms with Crippen molar-refractivity contribution in [3.05, 3.63) is 28.8 Å². The molecule has 10 heteroatoms. The van der Waals surface area contributed by atoms with E-state index in [1.807, 2.05) is 0 Å². The largest absolute Gasteiger partial charge is 0.478 e. The Hall–Kier alpha value is -1.32. The number of carboxylic acid groups (broad SMARTS) is 1. The first-order chi connectivity index (χ1) is 9.48. The summed E-state index contributed by atoms with van der Waals surface area (Å²) in [5, 5.41) is 8.45. The van der Waals surface area contributed by atoms with E-state index in [0.717, 1.165) is 18.2 Å². The van der Waals surface area contributed by atoms with Crippen molar-refractivity contribution < 1.29 is 31.5 Å². The fourth-order valence-corrected chi connectivity index (χ4v) is 3.70. The molecule has 21 heavy (non-hydrogen) atoms. The van der Waals surface area contributed by atoms with Crippen LogP contribution >= 0.6 is 11.6 Å². The van der Waals surface area contributed by atoms with Gasteiger partial charge in [-0.05, 0) is 31.0 Å². The smallest absolute Gasteiger partial charge is 0.407 e. The molecule has 5 nitrogen and oxygen atoms in total. The van der Waals surface area contributed by atoms with E-state index in [2.05, 4.69) is 0 Å². The standard InChI is InChI=1S/C11H9ClF3NO4S/c12-7-2-1-6(9(17)18)5-8(7)21(19,20)16-10(3-4-10)11(13,14)15/h1-2,5,16H,3-4H2,(H,17,18). The van der Waals surface area contributed by atoms with E-state index in [0.29, 0.717) is 0 Å². The number of halogens is 4. The molecule has 1 aromatic rings. The number of rotatable bonds is 4. The minimum Gasteiger partial charge on any atom is -0.478 e. The molecule has 2 N–H and O–H groups in total. The summed E-state index contributed by atoms with van der Waals surface area (Å²) >= 11 is 5.66. The molecule has 1 aromatic carbocycles. The lowest BCUT2D eigenvalue weighted by Gasteiger charge is -2.21. The van der Waals surface area contributed by atoms with Crippen molar-refractivity contribution in [3.8, 4) is 0 Å². The highest BCUT2D eigenvalue weighted by Crippen LogP contribution is 2.49. The van der Waals surface area contributed by atoms with Gasteiger partial charge in [0.25, 0.3) is 0 Å². The second-order valence-electron chi connectivity index (χ2n) is 4.64. The molecule has 0 bridgehead atoms. The highest BCUT2D eigenvalue weighted by Gasteiger charge is 2.65. The second kappa shape index (κ2) is 4.85. The first-order valence-electron chi connectivity index (χ1n) is 5.62. The average molecular weight is 344 g/mol. The zero-order valence-corrected chi connectivity index (χ0v) is 11.8. The molecule has 1 aliphatic rings. The predicted octanol–water partition coefficient (Wildman–Crippen LogP) is 2.41. The van der Waals surface area contributed by atoms with E-state index >= 15 is 0 Å². The highest BCUT2D eigenvalue weighted by atomic mass is 35.5. The van der Waals surface area contributed by atoms with Crippen molar-refractivity contribution in [1.82, 2.24) is 4.72 Å². The second-order valence-corrected chi connectivity index (χ2v) is 6.69. The Labute approximate surface area is 122 Å². The van der Waals surface area contributed by atoms with Crippen LogP contribution in [0, 0.1) is 0 Å². The maximum Gasteiger partial charge on any atom is 0.407 e. The van der Waals surface area contributed by atoms with Crippen molar-refractivity contribution in [2.24, 2.45) is 0 Å². The zero-order chi connectivity index (χ0) is 16.1. The number of sulfonamides is 1. The third-order valence-electron chi connectivity index (χ3n) is 3.09. The van der Waals surface area contributed by atoms with E-state index in [1.165, 1.54) is 0 Å². The van der Waals surface area contributed by atoms with E-state index in [1.54, 1.807) is 4.72 Å². The van der Waals surface area contributed by atoms with Gasteiger partial charge in [0, 0.05) is 0 Å². The summed E-state index contributed by atoms with van der Waals surface area (Å²) in [5.41, 5.74) is -2.88. The van der Waals surface area contributed by atoms with E-state index in [-0.39, 0.29) is 17.9 Å². The number of carbonyl (C=O) groups is 1. The fourth-order valence-electron chi connectivity index (χ4n) is 1.72. The molecule has 0 unspecified atom stereocenters. The predicted molar refractivity (Wildman–Crippen MR) is 66.8 cm³/mol. The highest BCUT2D eigenvalue weighted by molar-refractivity contribution is 7.89. The van der Waals surface area contributed by atoms with Gasteiger partial charge in [0.2, 0.25) is 10.0 Å². The van der Waals surface area contributed by atoms with Crippen LogP contribution < -0.4 is 4.72 Å². The van der Waals surface area contributed by atoms with Crippen molar-refractivity contribution in [3.63, 3.8) is 0 Å². The molecule has 2 rings (SSSR count). The van der Waals surface area contributed by atoms with Crippen molar-refractivity contribution in [2.75, 3.05) is 0 Å². The summed E-state index contributed by atoms with van der Waals surface area (Å²) in [6.45, 7) is 0. The molecule has 0 spiro atoms. The van der Waals surface area contributed by atoms with Crippen molar-refractivity contribution in [1.29, 1.82) is 0 Å². The number of hydrogen-bond donors (Lipinski definition) is 2. The normalized spacial score (nSPS) is 17.5. The minimum absolute atomic E-state index is 0.356. The van der Waals surface area contributed by atoms with Crippen molar-refractivity contribution >= 4 is 27.6 Å². The van der Waals surface area contributed by atoms with Crippen LogP contribution in [0.25, 0.3) is 0 Å². The SMILES string of the molecule is O=C(O)c1ccc(Cl)c(S(=O)(=O)NC2(C(F)(F)F)CC2)c1. The molecule has 0 radical (unpaired) electrons. The molecule has 0 aliphatic heterocycles. The molecule has 1 saturated carbocycles. The third-order valence-corrected chi connectivity index (χ3v) is 5.11. The summed E-state index contributed by atoms with van der Waals surface area (Å²) in [7, 11) is -4.59. The molecule has 116 valence electrons. The quantitative estimate of drug-likeness (QED) is 0.879. The summed E-state index contributed by atoms with van der Waals surface area (Å²) in [6, 6.07) is 2.78. The first kappa shape index (κ1) is 16.1. The fraction of sp³-hybridized carbons (Fsp3) is 0.364. The van der Waals surface area contributed by atoms with Gasteiger partial charge in [-0.2, -0.15) is 17.9 Å². The van der Waals surface area contributed by atoms with Gasteiger partial charge in [-0.3, -0.25) is 0 Å². The van der Waals surface area contributed by atoms with Crippen LogP contribution in [0.5, 0.6) is 0 Å². The van der Waals surface area contributed by atoms with Crippen LogP contribution in [-0.4, -0.2) is 31.2 Å². The van der Waals surface area contributed by atoms with Gasteiger partial charge in [0.15, 0.2) is 0 Å². The van der Waals surface area contributed by atoms with Crippen LogP contribution in [0.3, 0.4) is 0 Å². The van der Waals surface area contributed by atoms with Gasteiger partial charge in [-0.1, -0.05) is 11.6 Å². The Morgan fingerprint density at radius 1 is 1.33 bits per heavy atom. The van der Waals surface area contributed by atoms with Crippen LogP contribution in [0.1, 0.15) is 23.2 Å². The zero-order valence-electron chi connectivity index (χ0n) is 10.2. The number of benzene rings is 1.